The summed E-state index contributed by atoms with van der Waals surface area (Å²) >= 11 is 4.67. The van der Waals surface area contributed by atoms with Gasteiger partial charge in [-0.15, -0.1) is 0 Å². The third kappa shape index (κ3) is 0.800. The van der Waals surface area contributed by atoms with Crippen LogP contribution in [0.2, 0.25) is 5.04 Å². The Kier molecular flexibility index (Phi) is 1.41. The number of rotatable bonds is 1. The Morgan fingerprint density at radius 3 is 2.12 bits per heavy atom. The molecule has 1 aliphatic rings. The fraction of sp³-hybridized carbons (Fsp3) is 0.800. The lowest BCUT2D eigenvalue weighted by Crippen LogP contribution is -2.29. The Hall–Kier alpha value is 0.107. The Bertz CT molecular complexity index is 120. The molecule has 0 atom stereocenters. The van der Waals surface area contributed by atoms with Gasteiger partial charge >= 0.3 is 0 Å². The zero-order chi connectivity index (χ0) is 6.20. The normalized spacial score (nSPS) is 24.5. The molecule has 1 N–H and O–H groups in total. The molecule has 0 aromatic heterocycles. The van der Waals surface area contributed by atoms with Gasteiger partial charge in [-0.2, -0.15) is 0 Å². The predicted molar refractivity (Wildman–Crippen MR) is 41.7 cm³/mol. The molecule has 46 valence electrons. The topological polar surface area (TPSA) is 20.2 Å². The highest BCUT2D eigenvalue weighted by molar-refractivity contribution is 7.80. The summed E-state index contributed by atoms with van der Waals surface area (Å²) in [5.74, 6) is 0. The van der Waals surface area contributed by atoms with E-state index in [0.29, 0.717) is 0 Å². The highest BCUT2D eigenvalue weighted by Crippen LogP contribution is 2.45. The minimum absolute atomic E-state index is 0.148. The molecule has 3 heteroatoms. The van der Waals surface area contributed by atoms with Crippen LogP contribution < -0.4 is 0 Å². The summed E-state index contributed by atoms with van der Waals surface area (Å²) in [6.45, 7) is 0. The van der Waals surface area contributed by atoms with Crippen molar-refractivity contribution in [3.05, 3.63) is 0 Å². The summed E-state index contributed by atoms with van der Waals surface area (Å²) in [5.41, 5.74) is 0. The van der Waals surface area contributed by atoms with E-state index in [1.165, 1.54) is 6.42 Å². The number of aliphatic hydroxyl groups is 1. The lowest BCUT2D eigenvalue weighted by Gasteiger charge is -2.35. The van der Waals surface area contributed by atoms with E-state index in [0.717, 1.165) is 23.1 Å². The number of hydrogen-bond acceptors (Lipinski definition) is 1. The first kappa shape index (κ1) is 6.23. The molecule has 1 nitrogen and oxygen atoms in total. The molecule has 0 aromatic carbocycles. The fourth-order valence-electron chi connectivity index (χ4n) is 0.921. The van der Waals surface area contributed by atoms with Crippen LogP contribution in [0, 0.1) is 0 Å². The van der Waals surface area contributed by atoms with Crippen LogP contribution in [0.15, 0.2) is 0 Å². The van der Waals surface area contributed by atoms with E-state index in [-0.39, 0.29) is 10.1 Å². The molecule has 0 radical (unpaired) electrons. The molecular formula is C5H10OSSi. The van der Waals surface area contributed by atoms with Gasteiger partial charge in [-0.25, -0.2) is 0 Å². The van der Waals surface area contributed by atoms with Gasteiger partial charge in [0.05, 0.1) is 0 Å². The second-order valence-corrected chi connectivity index (χ2v) is 5.02. The summed E-state index contributed by atoms with van der Waals surface area (Å²) in [4.78, 5) is 0. The van der Waals surface area contributed by atoms with Crippen molar-refractivity contribution in [2.75, 3.05) is 0 Å². The number of aliphatic hydroxyl groups excluding tert-OH is 1. The molecule has 0 amide bonds. The van der Waals surface area contributed by atoms with Crippen LogP contribution in [0.1, 0.15) is 19.3 Å². The average molecular weight is 146 g/mol. The third-order valence-electron chi connectivity index (χ3n) is 1.97. The average Bonchev–Trinajstić information content (AvgIpc) is 1.60. The van der Waals surface area contributed by atoms with Crippen molar-refractivity contribution in [1.29, 1.82) is 0 Å². The smallest absolute Gasteiger partial charge is 0.158 e. The predicted octanol–water partition coefficient (Wildman–Crippen LogP) is 0.580. The van der Waals surface area contributed by atoms with E-state index < -0.39 is 0 Å². The van der Waals surface area contributed by atoms with E-state index in [2.05, 4.69) is 12.2 Å². The molecule has 0 saturated heterocycles. The molecule has 0 aromatic rings. The van der Waals surface area contributed by atoms with Gasteiger partial charge in [0.2, 0.25) is 0 Å². The van der Waals surface area contributed by atoms with Gasteiger partial charge in [-0.3, -0.25) is 0 Å². The van der Waals surface area contributed by atoms with Gasteiger partial charge in [0.1, 0.15) is 0 Å². The van der Waals surface area contributed by atoms with Crippen LogP contribution in [0.3, 0.4) is 0 Å². The second-order valence-electron chi connectivity index (χ2n) is 2.72. The minimum Gasteiger partial charge on any atom is -0.502 e. The number of thiocarbonyl (C=S) groups is 1. The molecule has 8 heavy (non-hydrogen) atoms. The van der Waals surface area contributed by atoms with Crippen LogP contribution in [0.25, 0.3) is 0 Å². The molecule has 0 unspecified atom stereocenters. The summed E-state index contributed by atoms with van der Waals surface area (Å²) in [6.07, 6.45) is 3.52. The SMILES string of the molecule is OC(=S)C1([SiH3])CCC1. The van der Waals surface area contributed by atoms with Crippen molar-refractivity contribution < 1.29 is 5.11 Å². The monoisotopic (exact) mass is 146 g/mol. The first-order valence-corrected chi connectivity index (χ1v) is 4.29. The maximum Gasteiger partial charge on any atom is 0.158 e. The van der Waals surface area contributed by atoms with Gasteiger partial charge in [-0.1, -0.05) is 6.42 Å². The molecule has 0 heterocycles. The van der Waals surface area contributed by atoms with E-state index in [4.69, 9.17) is 5.11 Å². The molecule has 0 spiro atoms. The largest absolute Gasteiger partial charge is 0.502 e. The molecule has 1 rings (SSSR count). The fourth-order valence-corrected chi connectivity index (χ4v) is 1.83. The standard InChI is InChI=1S/C5H10OSSi/c6-4(7)5(8)2-1-3-5/h1-3H2,8H3,(H,6,7). The second kappa shape index (κ2) is 1.81. The molecule has 0 aliphatic heterocycles. The first-order chi connectivity index (χ1) is 3.65. The van der Waals surface area contributed by atoms with Crippen LogP contribution in [0.4, 0.5) is 0 Å². The Morgan fingerprint density at radius 2 is 2.12 bits per heavy atom. The van der Waals surface area contributed by atoms with Gasteiger partial charge in [0.15, 0.2) is 5.05 Å². The summed E-state index contributed by atoms with van der Waals surface area (Å²) in [7, 11) is 1.03. The van der Waals surface area contributed by atoms with E-state index in [9.17, 15) is 0 Å². The zero-order valence-electron chi connectivity index (χ0n) is 4.98. The molecule has 1 aliphatic carbocycles. The Morgan fingerprint density at radius 1 is 1.62 bits per heavy atom. The van der Waals surface area contributed by atoms with Crippen molar-refractivity contribution in [1.82, 2.24) is 0 Å². The number of hydrogen-bond donors (Lipinski definition) is 1. The first-order valence-electron chi connectivity index (χ1n) is 2.88. The van der Waals surface area contributed by atoms with Crippen molar-refractivity contribution >= 4 is 27.5 Å². The van der Waals surface area contributed by atoms with E-state index in [1.807, 2.05) is 0 Å². The lowest BCUT2D eigenvalue weighted by molar-refractivity contribution is 0.381. The van der Waals surface area contributed by atoms with E-state index in [1.54, 1.807) is 0 Å². The van der Waals surface area contributed by atoms with Crippen LogP contribution >= 0.6 is 12.2 Å². The minimum atomic E-state index is 0.148. The quantitative estimate of drug-likeness (QED) is 0.431. The highest BCUT2D eigenvalue weighted by atomic mass is 32.1. The highest BCUT2D eigenvalue weighted by Gasteiger charge is 2.35. The summed E-state index contributed by atoms with van der Waals surface area (Å²) in [6, 6.07) is 0. The molecule has 1 fully saturated rings. The Labute approximate surface area is 57.5 Å². The molecule has 0 bridgehead atoms. The molecule has 1 saturated carbocycles. The summed E-state index contributed by atoms with van der Waals surface area (Å²) in [5, 5.41) is 9.31. The van der Waals surface area contributed by atoms with Crippen molar-refractivity contribution in [2.24, 2.45) is 0 Å². The van der Waals surface area contributed by atoms with Crippen LogP contribution in [-0.2, 0) is 0 Å². The van der Waals surface area contributed by atoms with Gasteiger partial charge in [-0.05, 0) is 25.1 Å². The molecular weight excluding hydrogens is 136 g/mol. The maximum absolute atomic E-state index is 8.90. The lowest BCUT2D eigenvalue weighted by atomic mass is 9.85. The van der Waals surface area contributed by atoms with Gasteiger partial charge in [0.25, 0.3) is 0 Å². The summed E-state index contributed by atoms with van der Waals surface area (Å²) < 4.78 is 0. The third-order valence-corrected chi connectivity index (χ3v) is 4.30. The zero-order valence-corrected chi connectivity index (χ0v) is 7.79. The Balaban J connectivity index is 2.53. The van der Waals surface area contributed by atoms with Crippen molar-refractivity contribution in [2.45, 2.75) is 24.3 Å². The van der Waals surface area contributed by atoms with Gasteiger partial charge in [0, 0.05) is 15.3 Å². The van der Waals surface area contributed by atoms with Gasteiger partial charge < -0.3 is 5.11 Å². The van der Waals surface area contributed by atoms with Crippen LogP contribution in [0.5, 0.6) is 0 Å². The van der Waals surface area contributed by atoms with E-state index >= 15 is 0 Å². The van der Waals surface area contributed by atoms with Crippen LogP contribution in [-0.4, -0.2) is 20.4 Å². The maximum atomic E-state index is 8.90. The van der Waals surface area contributed by atoms with Crippen molar-refractivity contribution in [3.8, 4) is 0 Å². The van der Waals surface area contributed by atoms with Crippen molar-refractivity contribution in [3.63, 3.8) is 0 Å².